The Labute approximate surface area is 131 Å². The molecule has 1 aromatic rings. The van der Waals surface area contributed by atoms with Gasteiger partial charge in [0.1, 0.15) is 0 Å². The minimum absolute atomic E-state index is 0.252. The Bertz CT molecular complexity index is 463. The fraction of sp³-hybridized carbons (Fsp3) is 0.706. The zero-order chi connectivity index (χ0) is 14.7. The number of carbonyl (C=O) groups is 1. The third kappa shape index (κ3) is 3.49. The summed E-state index contributed by atoms with van der Waals surface area (Å²) in [5.74, 6) is 0.861. The fourth-order valence-electron chi connectivity index (χ4n) is 3.48. The van der Waals surface area contributed by atoms with Crippen LogP contribution in [0.3, 0.4) is 0 Å². The lowest BCUT2D eigenvalue weighted by Crippen LogP contribution is -2.39. The predicted molar refractivity (Wildman–Crippen MR) is 87.9 cm³/mol. The molecule has 0 bridgehead atoms. The summed E-state index contributed by atoms with van der Waals surface area (Å²) >= 11 is 1.75. The number of thiophene rings is 1. The Kier molecular flexibility index (Phi) is 4.96. The molecule has 0 aromatic carbocycles. The van der Waals surface area contributed by atoms with Crippen molar-refractivity contribution < 1.29 is 4.79 Å². The Balaban J connectivity index is 1.69. The van der Waals surface area contributed by atoms with E-state index >= 15 is 0 Å². The van der Waals surface area contributed by atoms with E-state index in [9.17, 15) is 4.79 Å². The van der Waals surface area contributed by atoms with Gasteiger partial charge in [-0.2, -0.15) is 0 Å². The zero-order valence-electron chi connectivity index (χ0n) is 12.8. The van der Waals surface area contributed by atoms with Gasteiger partial charge in [0.15, 0.2) is 0 Å². The number of nitrogens with zero attached hydrogens (tertiary/aromatic N) is 1. The van der Waals surface area contributed by atoms with Gasteiger partial charge < -0.3 is 10.6 Å². The molecule has 1 amide bonds. The van der Waals surface area contributed by atoms with Gasteiger partial charge in [-0.3, -0.25) is 4.79 Å². The topological polar surface area (TPSA) is 46.3 Å². The van der Waals surface area contributed by atoms with Crippen LogP contribution in [-0.4, -0.2) is 30.4 Å². The number of nitrogens with two attached hydrogens (primary N) is 1. The quantitative estimate of drug-likeness (QED) is 0.912. The number of hydrogen-bond donors (Lipinski definition) is 1. The van der Waals surface area contributed by atoms with Crippen LogP contribution in [0.4, 0.5) is 0 Å². The number of hydrogen-bond acceptors (Lipinski definition) is 3. The fourth-order valence-corrected chi connectivity index (χ4v) is 4.70. The Morgan fingerprint density at radius 2 is 1.90 bits per heavy atom. The maximum absolute atomic E-state index is 12.7. The van der Waals surface area contributed by atoms with Gasteiger partial charge in [0, 0.05) is 18.0 Å². The van der Waals surface area contributed by atoms with Gasteiger partial charge in [-0.25, -0.2) is 0 Å². The SMILES string of the molecule is NCC1CCN(C(=O)c2cc3c(s2)CCCCCC3)CC1. The Morgan fingerprint density at radius 1 is 1.19 bits per heavy atom. The first-order valence-electron chi connectivity index (χ1n) is 8.39. The van der Waals surface area contributed by atoms with Crippen LogP contribution < -0.4 is 5.73 Å². The largest absolute Gasteiger partial charge is 0.338 e. The van der Waals surface area contributed by atoms with Crippen LogP contribution in [0.15, 0.2) is 6.07 Å². The molecule has 3 rings (SSSR count). The monoisotopic (exact) mass is 306 g/mol. The smallest absolute Gasteiger partial charge is 0.263 e. The van der Waals surface area contributed by atoms with Gasteiger partial charge in [-0.1, -0.05) is 12.8 Å². The number of aryl methyl sites for hydroxylation is 2. The first-order valence-corrected chi connectivity index (χ1v) is 9.20. The van der Waals surface area contributed by atoms with Crippen LogP contribution in [0.5, 0.6) is 0 Å². The summed E-state index contributed by atoms with van der Waals surface area (Å²) in [5, 5.41) is 0. The highest BCUT2D eigenvalue weighted by Gasteiger charge is 2.25. The average molecular weight is 306 g/mol. The molecule has 21 heavy (non-hydrogen) atoms. The van der Waals surface area contributed by atoms with E-state index in [0.29, 0.717) is 5.92 Å². The molecule has 2 N–H and O–H groups in total. The van der Waals surface area contributed by atoms with E-state index in [4.69, 9.17) is 5.73 Å². The second-order valence-electron chi connectivity index (χ2n) is 6.44. The second-order valence-corrected chi connectivity index (χ2v) is 7.58. The molecule has 0 radical (unpaired) electrons. The molecule has 1 aliphatic heterocycles. The predicted octanol–water partition coefficient (Wildman–Crippen LogP) is 3.22. The van der Waals surface area contributed by atoms with Crippen molar-refractivity contribution in [2.24, 2.45) is 11.7 Å². The van der Waals surface area contributed by atoms with Crippen LogP contribution in [0, 0.1) is 5.92 Å². The normalized spacial score (nSPS) is 20.7. The molecule has 3 nitrogen and oxygen atoms in total. The van der Waals surface area contributed by atoms with Crippen molar-refractivity contribution in [3.8, 4) is 0 Å². The van der Waals surface area contributed by atoms with E-state index in [2.05, 4.69) is 6.07 Å². The van der Waals surface area contributed by atoms with Gasteiger partial charge >= 0.3 is 0 Å². The van der Waals surface area contributed by atoms with Crippen molar-refractivity contribution in [1.82, 2.24) is 4.90 Å². The molecule has 116 valence electrons. The summed E-state index contributed by atoms with van der Waals surface area (Å²) in [6.45, 7) is 2.52. The lowest BCUT2D eigenvalue weighted by molar-refractivity contribution is 0.0698. The van der Waals surface area contributed by atoms with Crippen molar-refractivity contribution in [2.45, 2.75) is 51.4 Å². The third-order valence-corrected chi connectivity index (χ3v) is 6.17. The van der Waals surface area contributed by atoms with Crippen LogP contribution in [0.25, 0.3) is 0 Å². The Morgan fingerprint density at radius 3 is 2.62 bits per heavy atom. The van der Waals surface area contributed by atoms with Crippen LogP contribution in [-0.2, 0) is 12.8 Å². The number of fused-ring (bicyclic) bond motifs is 1. The standard InChI is InChI=1S/C17H26N2OS/c18-12-13-7-9-19(10-8-13)17(20)16-11-14-5-3-1-2-4-6-15(14)21-16/h11,13H,1-10,12,18H2. The number of amides is 1. The third-order valence-electron chi connectivity index (χ3n) is 4.94. The van der Waals surface area contributed by atoms with E-state index < -0.39 is 0 Å². The van der Waals surface area contributed by atoms with Crippen LogP contribution >= 0.6 is 11.3 Å². The molecule has 1 saturated heterocycles. The Hall–Kier alpha value is -0.870. The minimum Gasteiger partial charge on any atom is -0.338 e. The van der Waals surface area contributed by atoms with E-state index in [1.54, 1.807) is 11.3 Å². The molecule has 0 saturated carbocycles. The number of likely N-dealkylation sites (tertiary alicyclic amines) is 1. The lowest BCUT2D eigenvalue weighted by Gasteiger charge is -2.31. The number of rotatable bonds is 2. The van der Waals surface area contributed by atoms with Gasteiger partial charge in [0.05, 0.1) is 4.88 Å². The van der Waals surface area contributed by atoms with Crippen molar-refractivity contribution >= 4 is 17.2 Å². The average Bonchev–Trinajstić information content (AvgIpc) is 2.89. The molecule has 1 fully saturated rings. The zero-order valence-corrected chi connectivity index (χ0v) is 13.6. The molecule has 0 atom stereocenters. The van der Waals surface area contributed by atoms with Crippen molar-refractivity contribution in [3.05, 3.63) is 21.4 Å². The van der Waals surface area contributed by atoms with E-state index in [1.165, 1.54) is 42.5 Å². The van der Waals surface area contributed by atoms with Crippen LogP contribution in [0.1, 0.15) is 58.6 Å². The molecule has 4 heteroatoms. The van der Waals surface area contributed by atoms with Gasteiger partial charge in [-0.15, -0.1) is 11.3 Å². The van der Waals surface area contributed by atoms with Crippen molar-refractivity contribution in [3.63, 3.8) is 0 Å². The molecule has 0 unspecified atom stereocenters. The summed E-state index contributed by atoms with van der Waals surface area (Å²) in [6.07, 6.45) is 9.69. The van der Waals surface area contributed by atoms with E-state index in [-0.39, 0.29) is 5.91 Å². The first-order chi connectivity index (χ1) is 10.3. The maximum atomic E-state index is 12.7. The molecule has 1 aliphatic carbocycles. The molecule has 2 heterocycles. The molecule has 1 aromatic heterocycles. The van der Waals surface area contributed by atoms with Gasteiger partial charge in [-0.05, 0) is 62.6 Å². The van der Waals surface area contributed by atoms with Crippen molar-refractivity contribution in [2.75, 3.05) is 19.6 Å². The van der Waals surface area contributed by atoms with E-state index in [1.807, 2.05) is 4.90 Å². The summed E-state index contributed by atoms with van der Waals surface area (Å²) in [6, 6.07) is 2.18. The lowest BCUT2D eigenvalue weighted by atomic mass is 9.97. The highest BCUT2D eigenvalue weighted by Crippen LogP contribution is 2.30. The molecule has 0 spiro atoms. The highest BCUT2D eigenvalue weighted by atomic mass is 32.1. The summed E-state index contributed by atoms with van der Waals surface area (Å²) < 4.78 is 0. The second kappa shape index (κ2) is 6.93. The van der Waals surface area contributed by atoms with Gasteiger partial charge in [0.25, 0.3) is 5.91 Å². The van der Waals surface area contributed by atoms with Gasteiger partial charge in [0.2, 0.25) is 0 Å². The number of carbonyl (C=O) groups excluding carboxylic acids is 1. The van der Waals surface area contributed by atoms with Crippen molar-refractivity contribution in [1.29, 1.82) is 0 Å². The molecular formula is C17H26N2OS. The highest BCUT2D eigenvalue weighted by molar-refractivity contribution is 7.14. The minimum atomic E-state index is 0.252. The summed E-state index contributed by atoms with van der Waals surface area (Å²) in [7, 11) is 0. The van der Waals surface area contributed by atoms with E-state index in [0.717, 1.165) is 43.8 Å². The molecule has 2 aliphatic rings. The first kappa shape index (κ1) is 15.0. The molecular weight excluding hydrogens is 280 g/mol. The van der Waals surface area contributed by atoms with Crippen LogP contribution in [0.2, 0.25) is 0 Å². The summed E-state index contributed by atoms with van der Waals surface area (Å²) in [4.78, 5) is 17.2. The maximum Gasteiger partial charge on any atom is 0.263 e. The summed E-state index contributed by atoms with van der Waals surface area (Å²) in [5.41, 5.74) is 7.17. The number of piperidine rings is 1.